The van der Waals surface area contributed by atoms with Gasteiger partial charge in [-0.05, 0) is 25.6 Å². The number of aromatic amines is 1. The van der Waals surface area contributed by atoms with Crippen LogP contribution in [0.1, 0.15) is 29.8 Å². The van der Waals surface area contributed by atoms with Crippen molar-refractivity contribution < 1.29 is 0 Å². The highest BCUT2D eigenvalue weighted by Gasteiger charge is 2.12. The van der Waals surface area contributed by atoms with Crippen LogP contribution in [0.4, 0.5) is 0 Å². The predicted molar refractivity (Wildman–Crippen MR) is 71.2 cm³/mol. The van der Waals surface area contributed by atoms with Gasteiger partial charge in [-0.1, -0.05) is 6.92 Å². The molecule has 4 nitrogen and oxygen atoms in total. The smallest absolute Gasteiger partial charge is 0.251 e. The summed E-state index contributed by atoms with van der Waals surface area (Å²) in [4.78, 5) is 19.4. The molecule has 1 unspecified atom stereocenters. The second kappa shape index (κ2) is 4.93. The van der Waals surface area contributed by atoms with Crippen LogP contribution in [-0.4, -0.2) is 14.5 Å². The molecule has 0 bridgehead atoms. The lowest BCUT2D eigenvalue weighted by Gasteiger charge is -2.12. The number of rotatable bonds is 3. The van der Waals surface area contributed by atoms with Gasteiger partial charge in [-0.25, -0.2) is 4.98 Å². The minimum Gasteiger partial charge on any atom is -0.315 e. The van der Waals surface area contributed by atoms with Gasteiger partial charge in [0.1, 0.15) is 5.01 Å². The molecule has 0 amide bonds. The van der Waals surface area contributed by atoms with E-state index in [4.69, 9.17) is 12.2 Å². The van der Waals surface area contributed by atoms with E-state index < -0.39 is 0 Å². The van der Waals surface area contributed by atoms with Gasteiger partial charge in [0.2, 0.25) is 0 Å². The first-order valence-electron chi connectivity index (χ1n) is 5.38. The van der Waals surface area contributed by atoms with Crippen molar-refractivity contribution in [3.8, 4) is 0 Å². The molecule has 2 aromatic rings. The fourth-order valence-electron chi connectivity index (χ4n) is 1.53. The van der Waals surface area contributed by atoms with Crippen LogP contribution in [0.3, 0.4) is 0 Å². The molecular weight excluding hydrogens is 254 g/mol. The molecule has 6 heteroatoms. The third-order valence-electron chi connectivity index (χ3n) is 2.55. The molecule has 1 N–H and O–H groups in total. The van der Waals surface area contributed by atoms with Crippen LogP contribution in [0, 0.1) is 4.77 Å². The van der Waals surface area contributed by atoms with Gasteiger partial charge in [-0.2, -0.15) is 0 Å². The molecule has 0 aliphatic heterocycles. The van der Waals surface area contributed by atoms with Crippen molar-refractivity contribution in [1.29, 1.82) is 0 Å². The molecule has 2 rings (SSSR count). The number of thiazole rings is 1. The van der Waals surface area contributed by atoms with E-state index in [1.165, 1.54) is 10.9 Å². The first-order valence-corrected chi connectivity index (χ1v) is 6.60. The van der Waals surface area contributed by atoms with E-state index in [1.807, 2.05) is 17.7 Å². The Balaban J connectivity index is 2.39. The van der Waals surface area contributed by atoms with Gasteiger partial charge in [-0.3, -0.25) is 9.78 Å². The molecule has 0 radical (unpaired) electrons. The summed E-state index contributed by atoms with van der Waals surface area (Å²) in [6, 6.07) is 1.52. The number of aryl methyl sites for hydroxylation is 1. The Kier molecular flexibility index (Phi) is 3.54. The first-order chi connectivity index (χ1) is 8.11. The van der Waals surface area contributed by atoms with Gasteiger partial charge >= 0.3 is 0 Å². The van der Waals surface area contributed by atoms with Gasteiger partial charge in [0.05, 0.1) is 6.04 Å². The van der Waals surface area contributed by atoms with Crippen LogP contribution in [0.15, 0.2) is 23.3 Å². The Morgan fingerprint density at radius 3 is 3.00 bits per heavy atom. The maximum Gasteiger partial charge on any atom is 0.251 e. The summed E-state index contributed by atoms with van der Waals surface area (Å²) in [6.45, 7) is 4.13. The highest BCUT2D eigenvalue weighted by Crippen LogP contribution is 2.23. The van der Waals surface area contributed by atoms with Crippen molar-refractivity contribution in [3.05, 3.63) is 43.5 Å². The van der Waals surface area contributed by atoms with Crippen molar-refractivity contribution in [2.75, 3.05) is 0 Å². The number of nitrogens with zero attached hydrogens (tertiary/aromatic N) is 2. The van der Waals surface area contributed by atoms with Crippen LogP contribution in [0.2, 0.25) is 0 Å². The Labute approximate surface area is 108 Å². The predicted octanol–water partition coefficient (Wildman–Crippen LogP) is 2.53. The number of aromatic nitrogens is 3. The molecule has 2 heterocycles. The molecule has 0 aliphatic carbocycles. The number of nitrogens with one attached hydrogen (secondary N) is 1. The monoisotopic (exact) mass is 267 g/mol. The average molecular weight is 267 g/mol. The fraction of sp³-hybridized carbons (Fsp3) is 0.364. The third-order valence-corrected chi connectivity index (χ3v) is 4.17. The normalized spacial score (nSPS) is 12.6. The zero-order chi connectivity index (χ0) is 12.4. The summed E-state index contributed by atoms with van der Waals surface area (Å²) in [5.41, 5.74) is -0.174. The summed E-state index contributed by atoms with van der Waals surface area (Å²) >= 11 is 6.81. The lowest BCUT2D eigenvalue weighted by molar-refractivity contribution is 0.606. The van der Waals surface area contributed by atoms with Crippen molar-refractivity contribution >= 4 is 23.6 Å². The largest absolute Gasteiger partial charge is 0.315 e. The Hall–Kier alpha value is -1.27. The van der Waals surface area contributed by atoms with E-state index in [9.17, 15) is 4.79 Å². The molecule has 17 heavy (non-hydrogen) atoms. The lowest BCUT2D eigenvalue weighted by atomic mass is 10.3. The molecule has 0 aliphatic rings. The standard InChI is InChI=1S/C11H13N3OS2/c1-3-8-6-12-10(17-8)7(2)14-5-4-9(15)13-11(14)16/h4-7H,3H2,1-2H3,(H,13,15,16). The first kappa shape index (κ1) is 12.2. The van der Waals surface area contributed by atoms with Crippen molar-refractivity contribution in [2.45, 2.75) is 26.3 Å². The SMILES string of the molecule is CCc1cnc(C(C)n2ccc(=O)[nH]c2=S)s1. The van der Waals surface area contributed by atoms with E-state index in [0.29, 0.717) is 4.77 Å². The third kappa shape index (κ3) is 2.53. The van der Waals surface area contributed by atoms with E-state index in [0.717, 1.165) is 11.4 Å². The summed E-state index contributed by atoms with van der Waals surface area (Å²) in [6.07, 6.45) is 4.59. The lowest BCUT2D eigenvalue weighted by Crippen LogP contribution is -2.14. The summed E-state index contributed by atoms with van der Waals surface area (Å²) in [5.74, 6) is 0. The maximum absolute atomic E-state index is 11.1. The molecule has 0 saturated carbocycles. The molecule has 90 valence electrons. The highest BCUT2D eigenvalue weighted by atomic mass is 32.1. The minimum absolute atomic E-state index is 0.0460. The number of hydrogen-bond donors (Lipinski definition) is 1. The van der Waals surface area contributed by atoms with Crippen LogP contribution < -0.4 is 5.56 Å². The Morgan fingerprint density at radius 1 is 1.65 bits per heavy atom. The summed E-state index contributed by atoms with van der Waals surface area (Å²) in [5, 5.41) is 1.00. The van der Waals surface area contributed by atoms with Crippen molar-refractivity contribution in [2.24, 2.45) is 0 Å². The molecular formula is C11H13N3OS2. The van der Waals surface area contributed by atoms with Gasteiger partial charge in [0, 0.05) is 23.3 Å². The summed E-state index contributed by atoms with van der Waals surface area (Å²) < 4.78 is 2.27. The van der Waals surface area contributed by atoms with Gasteiger partial charge in [0.15, 0.2) is 4.77 Å². The fourth-order valence-corrected chi connectivity index (χ4v) is 2.76. The zero-order valence-corrected chi connectivity index (χ0v) is 11.3. The second-order valence-corrected chi connectivity index (χ2v) is 5.25. The zero-order valence-electron chi connectivity index (χ0n) is 9.64. The van der Waals surface area contributed by atoms with E-state index in [1.54, 1.807) is 17.5 Å². The topological polar surface area (TPSA) is 50.7 Å². The summed E-state index contributed by atoms with van der Waals surface area (Å²) in [7, 11) is 0. The van der Waals surface area contributed by atoms with Crippen LogP contribution in [-0.2, 0) is 6.42 Å². The van der Waals surface area contributed by atoms with Gasteiger partial charge < -0.3 is 4.57 Å². The van der Waals surface area contributed by atoms with Crippen molar-refractivity contribution in [1.82, 2.24) is 14.5 Å². The minimum atomic E-state index is -0.174. The second-order valence-electron chi connectivity index (χ2n) is 3.71. The Bertz CT molecular complexity index is 626. The van der Waals surface area contributed by atoms with E-state index in [-0.39, 0.29) is 11.6 Å². The van der Waals surface area contributed by atoms with Gasteiger partial charge in [-0.15, -0.1) is 11.3 Å². The number of hydrogen-bond acceptors (Lipinski definition) is 4. The van der Waals surface area contributed by atoms with E-state index >= 15 is 0 Å². The maximum atomic E-state index is 11.1. The molecule has 0 fully saturated rings. The quantitative estimate of drug-likeness (QED) is 0.869. The molecule has 1 atom stereocenters. The number of H-pyrrole nitrogens is 1. The molecule has 2 aromatic heterocycles. The van der Waals surface area contributed by atoms with Crippen LogP contribution >= 0.6 is 23.6 Å². The molecule has 0 saturated heterocycles. The molecule has 0 aromatic carbocycles. The highest BCUT2D eigenvalue weighted by molar-refractivity contribution is 7.71. The Morgan fingerprint density at radius 2 is 2.41 bits per heavy atom. The average Bonchev–Trinajstić information content (AvgIpc) is 2.76. The molecule has 0 spiro atoms. The van der Waals surface area contributed by atoms with Crippen molar-refractivity contribution in [3.63, 3.8) is 0 Å². The van der Waals surface area contributed by atoms with Gasteiger partial charge in [0.25, 0.3) is 5.56 Å². The van der Waals surface area contributed by atoms with Crippen LogP contribution in [0.5, 0.6) is 0 Å². The van der Waals surface area contributed by atoms with Crippen LogP contribution in [0.25, 0.3) is 0 Å². The van der Waals surface area contributed by atoms with E-state index in [2.05, 4.69) is 16.9 Å².